The van der Waals surface area contributed by atoms with Crippen LogP contribution in [0, 0.1) is 0 Å². The van der Waals surface area contributed by atoms with Crippen molar-refractivity contribution >= 4 is 15.7 Å². The monoisotopic (exact) mass is 362 g/mol. The van der Waals surface area contributed by atoms with E-state index in [0.29, 0.717) is 13.1 Å². The summed E-state index contributed by atoms with van der Waals surface area (Å²) in [7, 11) is -3.44. The molecule has 1 aliphatic rings. The van der Waals surface area contributed by atoms with Gasteiger partial charge in [0, 0.05) is 18.7 Å². The molecule has 0 radical (unpaired) electrons. The number of aromatic nitrogens is 3. The lowest BCUT2D eigenvalue weighted by Gasteiger charge is -2.40. The second-order valence-corrected chi connectivity index (χ2v) is 9.45. The van der Waals surface area contributed by atoms with Gasteiger partial charge in [-0.05, 0) is 20.8 Å². The number of rotatable bonds is 5. The van der Waals surface area contributed by atoms with Gasteiger partial charge in [0.15, 0.2) is 9.84 Å². The molecule has 1 atom stereocenters. The first kappa shape index (κ1) is 17.6. The number of likely N-dealkylation sites (tertiary alicyclic amines) is 1. The third kappa shape index (κ3) is 3.30. The lowest BCUT2D eigenvalue weighted by atomic mass is 10.1. The fraction of sp³-hybridized carbons (Fsp3) is 0.471. The average molecular weight is 362 g/mol. The van der Waals surface area contributed by atoms with E-state index < -0.39 is 20.3 Å². The molecule has 1 fully saturated rings. The maximum Gasteiger partial charge on any atom is 0.240 e. The largest absolute Gasteiger partial charge is 0.337 e. The number of carbonyl (C=O) groups excluding carboxylic acids is 1. The first-order valence-corrected chi connectivity index (χ1v) is 9.90. The predicted octanol–water partition coefficient (Wildman–Crippen LogP) is 1.54. The van der Waals surface area contributed by atoms with E-state index in [1.807, 2.05) is 36.5 Å². The molecular weight excluding hydrogens is 340 g/mol. The second-order valence-electron chi connectivity index (χ2n) is 6.63. The van der Waals surface area contributed by atoms with Crippen molar-refractivity contribution < 1.29 is 13.2 Å². The van der Waals surface area contributed by atoms with E-state index >= 15 is 0 Å². The maximum atomic E-state index is 12.4. The van der Waals surface area contributed by atoms with Gasteiger partial charge in [-0.25, -0.2) is 13.1 Å². The summed E-state index contributed by atoms with van der Waals surface area (Å²) in [6.45, 7) is 5.56. The first-order valence-electron chi connectivity index (χ1n) is 8.29. The van der Waals surface area contributed by atoms with E-state index in [0.717, 1.165) is 11.3 Å². The molecule has 134 valence electrons. The molecule has 3 rings (SSSR count). The van der Waals surface area contributed by atoms with Gasteiger partial charge in [0.2, 0.25) is 5.91 Å². The van der Waals surface area contributed by atoms with Crippen molar-refractivity contribution in [1.82, 2.24) is 19.9 Å². The Morgan fingerprint density at radius 3 is 2.40 bits per heavy atom. The van der Waals surface area contributed by atoms with E-state index in [1.54, 1.807) is 23.4 Å². The normalized spacial score (nSPS) is 16.7. The highest BCUT2D eigenvalue weighted by Crippen LogP contribution is 2.25. The molecule has 1 aliphatic heterocycles. The van der Waals surface area contributed by atoms with Crippen LogP contribution in [0.4, 0.5) is 0 Å². The Kier molecular flexibility index (Phi) is 4.64. The predicted molar refractivity (Wildman–Crippen MR) is 94.6 cm³/mol. The Balaban J connectivity index is 1.63. The standard InChI is InChI=1S/C17H22N4O3S/c1-12(2)25(23,24)13(3)17(22)20-9-15(10-20)21-11-16(18-19-21)14-7-5-4-6-8-14/h4-8,11-13,15H,9-10H2,1-3H3. The molecule has 0 aliphatic carbocycles. The summed E-state index contributed by atoms with van der Waals surface area (Å²) in [5, 5.41) is 6.74. The highest BCUT2D eigenvalue weighted by molar-refractivity contribution is 7.93. The van der Waals surface area contributed by atoms with Crippen molar-refractivity contribution in [3.05, 3.63) is 36.5 Å². The van der Waals surface area contributed by atoms with Crippen molar-refractivity contribution in [2.75, 3.05) is 13.1 Å². The molecule has 0 N–H and O–H groups in total. The molecule has 25 heavy (non-hydrogen) atoms. The maximum absolute atomic E-state index is 12.4. The molecule has 1 amide bonds. The molecule has 2 heterocycles. The molecule has 0 spiro atoms. The van der Waals surface area contributed by atoms with Crippen LogP contribution in [0.15, 0.2) is 36.5 Å². The molecule has 7 nitrogen and oxygen atoms in total. The van der Waals surface area contributed by atoms with E-state index in [4.69, 9.17) is 0 Å². The Bertz CT molecular complexity index is 855. The molecule has 0 saturated carbocycles. The van der Waals surface area contributed by atoms with Gasteiger partial charge in [-0.3, -0.25) is 4.79 Å². The van der Waals surface area contributed by atoms with Gasteiger partial charge in [0.1, 0.15) is 10.9 Å². The van der Waals surface area contributed by atoms with Gasteiger partial charge in [0.25, 0.3) is 0 Å². The highest BCUT2D eigenvalue weighted by Gasteiger charge is 2.40. The van der Waals surface area contributed by atoms with E-state index in [1.165, 1.54) is 6.92 Å². The molecule has 0 bridgehead atoms. The zero-order valence-corrected chi connectivity index (χ0v) is 15.3. The van der Waals surface area contributed by atoms with E-state index in [-0.39, 0.29) is 11.9 Å². The van der Waals surface area contributed by atoms with Crippen LogP contribution in [0.2, 0.25) is 0 Å². The zero-order chi connectivity index (χ0) is 18.2. The van der Waals surface area contributed by atoms with Gasteiger partial charge in [0.05, 0.1) is 17.5 Å². The Labute approximate surface area is 147 Å². The molecule has 1 aromatic carbocycles. The lowest BCUT2D eigenvalue weighted by molar-refractivity contribution is -0.136. The fourth-order valence-electron chi connectivity index (χ4n) is 2.80. The number of hydrogen-bond donors (Lipinski definition) is 0. The smallest absolute Gasteiger partial charge is 0.240 e. The van der Waals surface area contributed by atoms with E-state index in [2.05, 4.69) is 10.3 Å². The summed E-state index contributed by atoms with van der Waals surface area (Å²) < 4.78 is 26.0. The van der Waals surface area contributed by atoms with Crippen molar-refractivity contribution in [2.24, 2.45) is 0 Å². The minimum absolute atomic E-state index is 0.0304. The summed E-state index contributed by atoms with van der Waals surface area (Å²) in [5.74, 6) is -0.339. The number of benzene rings is 1. The van der Waals surface area contributed by atoms with Gasteiger partial charge in [-0.1, -0.05) is 35.5 Å². The summed E-state index contributed by atoms with van der Waals surface area (Å²) in [6, 6.07) is 9.77. The Hall–Kier alpha value is -2.22. The SMILES string of the molecule is CC(C)S(=O)(=O)C(C)C(=O)N1CC(n2cc(-c3ccccc3)nn2)C1. The summed E-state index contributed by atoms with van der Waals surface area (Å²) in [5.41, 5.74) is 1.76. The average Bonchev–Trinajstić information content (AvgIpc) is 3.02. The number of amides is 1. The second kappa shape index (κ2) is 6.59. The fourth-order valence-corrected chi connectivity index (χ4v) is 4.05. The van der Waals surface area contributed by atoms with Crippen molar-refractivity contribution in [2.45, 2.75) is 37.3 Å². The summed E-state index contributed by atoms with van der Waals surface area (Å²) >= 11 is 0. The van der Waals surface area contributed by atoms with Crippen molar-refractivity contribution in [3.63, 3.8) is 0 Å². The van der Waals surface area contributed by atoms with Crippen LogP contribution in [-0.2, 0) is 14.6 Å². The zero-order valence-electron chi connectivity index (χ0n) is 14.5. The van der Waals surface area contributed by atoms with Crippen LogP contribution in [0.1, 0.15) is 26.8 Å². The first-order chi connectivity index (χ1) is 11.8. The van der Waals surface area contributed by atoms with E-state index in [9.17, 15) is 13.2 Å². The molecule has 2 aromatic rings. The van der Waals surface area contributed by atoms with Crippen LogP contribution in [0.25, 0.3) is 11.3 Å². The van der Waals surface area contributed by atoms with Gasteiger partial charge >= 0.3 is 0 Å². The van der Waals surface area contributed by atoms with Crippen molar-refractivity contribution in [1.29, 1.82) is 0 Å². The van der Waals surface area contributed by atoms with Crippen LogP contribution < -0.4 is 0 Å². The molecule has 1 unspecified atom stereocenters. The van der Waals surface area contributed by atoms with Crippen LogP contribution in [-0.4, -0.2) is 57.8 Å². The minimum Gasteiger partial charge on any atom is -0.337 e. The number of hydrogen-bond acceptors (Lipinski definition) is 5. The third-order valence-corrected chi connectivity index (χ3v) is 7.13. The number of carbonyl (C=O) groups is 1. The molecule has 1 saturated heterocycles. The highest BCUT2D eigenvalue weighted by atomic mass is 32.2. The summed E-state index contributed by atoms with van der Waals surface area (Å²) in [4.78, 5) is 14.0. The lowest BCUT2D eigenvalue weighted by Crippen LogP contribution is -2.55. The van der Waals surface area contributed by atoms with Crippen LogP contribution in [0.3, 0.4) is 0 Å². The van der Waals surface area contributed by atoms with Gasteiger partial charge in [-0.2, -0.15) is 0 Å². The van der Waals surface area contributed by atoms with Gasteiger partial charge in [-0.15, -0.1) is 5.10 Å². The number of sulfone groups is 1. The number of nitrogens with zero attached hydrogens (tertiary/aromatic N) is 4. The molecule has 1 aromatic heterocycles. The van der Waals surface area contributed by atoms with Crippen LogP contribution in [0.5, 0.6) is 0 Å². The van der Waals surface area contributed by atoms with Gasteiger partial charge < -0.3 is 4.90 Å². The third-order valence-electron chi connectivity index (χ3n) is 4.63. The quantitative estimate of drug-likeness (QED) is 0.805. The Morgan fingerprint density at radius 1 is 1.16 bits per heavy atom. The topological polar surface area (TPSA) is 85.2 Å². The van der Waals surface area contributed by atoms with Crippen molar-refractivity contribution in [3.8, 4) is 11.3 Å². The molecule has 8 heteroatoms. The molecular formula is C17H22N4O3S. The van der Waals surface area contributed by atoms with Crippen LogP contribution >= 0.6 is 0 Å². The Morgan fingerprint density at radius 2 is 1.80 bits per heavy atom. The summed E-state index contributed by atoms with van der Waals surface area (Å²) in [6.07, 6.45) is 1.86. The minimum atomic E-state index is -3.44.